The van der Waals surface area contributed by atoms with Gasteiger partial charge in [0, 0.05) is 38.2 Å². The van der Waals surface area contributed by atoms with Crippen LogP contribution in [0.25, 0.3) is 0 Å². The Balaban J connectivity index is 1.41. The van der Waals surface area contributed by atoms with E-state index in [4.69, 9.17) is 14.6 Å². The number of ether oxygens (including phenoxy) is 2. The van der Waals surface area contributed by atoms with Gasteiger partial charge in [-0.15, -0.1) is 0 Å². The van der Waals surface area contributed by atoms with Crippen molar-refractivity contribution in [2.75, 3.05) is 53.0 Å². The van der Waals surface area contributed by atoms with Gasteiger partial charge in [-0.05, 0) is 66.6 Å². The number of nitrogens with zero attached hydrogens (tertiary/aromatic N) is 4. The molecule has 0 aromatic heterocycles. The normalized spacial score (nSPS) is 17.3. The van der Waals surface area contributed by atoms with Crippen molar-refractivity contribution >= 4 is 17.5 Å². The molecule has 2 amide bonds. The Morgan fingerprint density at radius 1 is 0.977 bits per heavy atom. The van der Waals surface area contributed by atoms with Crippen molar-refractivity contribution in [1.29, 1.82) is 0 Å². The summed E-state index contributed by atoms with van der Waals surface area (Å²) in [5, 5.41) is 6.17. The number of amides is 2. The van der Waals surface area contributed by atoms with E-state index in [-0.39, 0.29) is 30.6 Å². The number of methoxy groups -OCH3 is 1. The molecule has 11 heteroatoms. The highest BCUT2D eigenvalue weighted by Crippen LogP contribution is 2.34. The monoisotopic (exact) mass is 608 g/mol. The van der Waals surface area contributed by atoms with Gasteiger partial charge in [0.2, 0.25) is 0 Å². The van der Waals surface area contributed by atoms with Crippen LogP contribution < -0.4 is 4.74 Å². The van der Waals surface area contributed by atoms with Crippen LogP contribution in [0.15, 0.2) is 77.9 Å². The van der Waals surface area contributed by atoms with E-state index in [1.807, 2.05) is 55.5 Å². The molecule has 1 fully saturated rings. The summed E-state index contributed by atoms with van der Waals surface area (Å²) in [5.41, 5.74) is 2.79. The molecule has 1 unspecified atom stereocenters. The van der Waals surface area contributed by atoms with Gasteiger partial charge >= 0.3 is 6.18 Å². The summed E-state index contributed by atoms with van der Waals surface area (Å²) in [4.78, 5) is 31.2. The van der Waals surface area contributed by atoms with Crippen LogP contribution in [0, 0.1) is 6.92 Å². The Morgan fingerprint density at radius 3 is 2.25 bits per heavy atom. The van der Waals surface area contributed by atoms with Crippen molar-refractivity contribution < 1.29 is 32.2 Å². The minimum Gasteiger partial charge on any atom is -0.497 e. The van der Waals surface area contributed by atoms with E-state index in [2.05, 4.69) is 4.90 Å². The molecule has 2 heterocycles. The number of carbonyl (C=O) groups excluding carboxylic acids is 2. The number of hydrazone groups is 1. The lowest BCUT2D eigenvalue weighted by molar-refractivity contribution is -0.137. The fraction of sp³-hybridized carbons (Fsp3) is 0.364. The Bertz CT molecular complexity index is 1470. The van der Waals surface area contributed by atoms with Gasteiger partial charge in [-0.1, -0.05) is 29.8 Å². The van der Waals surface area contributed by atoms with Crippen LogP contribution in [0.2, 0.25) is 0 Å². The lowest BCUT2D eigenvalue weighted by Crippen LogP contribution is -2.46. The van der Waals surface area contributed by atoms with Crippen LogP contribution in [0.3, 0.4) is 0 Å². The largest absolute Gasteiger partial charge is 0.497 e. The number of halogens is 3. The molecule has 2 aliphatic heterocycles. The lowest BCUT2D eigenvalue weighted by atomic mass is 9.97. The third-order valence-corrected chi connectivity index (χ3v) is 7.91. The quantitative estimate of drug-likeness (QED) is 0.335. The molecule has 8 nitrogen and oxygen atoms in total. The highest BCUT2D eigenvalue weighted by molar-refractivity contribution is 6.04. The SMILES string of the molecule is COc1ccc(C2=NN(C(=O)CN(CCN3CCOCC3)C(=O)c3ccc(C(F)(F)F)cc3)C(c3ccc(C)cc3)C2)cc1. The maximum atomic E-state index is 14.0. The number of hydrogen-bond acceptors (Lipinski definition) is 6. The van der Waals surface area contributed by atoms with Gasteiger partial charge in [0.25, 0.3) is 11.8 Å². The van der Waals surface area contributed by atoms with Crippen LogP contribution in [-0.2, 0) is 15.7 Å². The van der Waals surface area contributed by atoms with Gasteiger partial charge in [-0.3, -0.25) is 14.5 Å². The standard InChI is InChI=1S/C33H35F3N4O4/c1-23-3-5-25(6-4-23)30-21-29(24-9-13-28(43-2)14-10-24)37-40(30)31(41)22-39(16-15-38-17-19-44-20-18-38)32(42)26-7-11-27(12-8-26)33(34,35)36/h3-14,30H,15-22H2,1-2H3. The van der Waals surface area contributed by atoms with Gasteiger partial charge < -0.3 is 14.4 Å². The van der Waals surface area contributed by atoms with E-state index in [1.54, 1.807) is 7.11 Å². The van der Waals surface area contributed by atoms with Gasteiger partial charge in [0.1, 0.15) is 12.3 Å². The van der Waals surface area contributed by atoms with Crippen LogP contribution >= 0.6 is 0 Å². The van der Waals surface area contributed by atoms with Crippen molar-refractivity contribution in [3.63, 3.8) is 0 Å². The topological polar surface area (TPSA) is 74.7 Å². The third-order valence-electron chi connectivity index (χ3n) is 7.91. The zero-order valence-corrected chi connectivity index (χ0v) is 24.7. The maximum absolute atomic E-state index is 14.0. The summed E-state index contributed by atoms with van der Waals surface area (Å²) < 4.78 is 50.2. The molecule has 3 aromatic carbocycles. The number of aryl methyl sites for hydroxylation is 1. The van der Waals surface area contributed by atoms with Crippen molar-refractivity contribution in [2.24, 2.45) is 5.10 Å². The number of morpholine rings is 1. The number of rotatable bonds is 9. The maximum Gasteiger partial charge on any atom is 0.416 e. The number of benzene rings is 3. The minimum atomic E-state index is -4.52. The molecule has 0 spiro atoms. The van der Waals surface area contributed by atoms with E-state index in [1.165, 1.54) is 9.91 Å². The summed E-state index contributed by atoms with van der Waals surface area (Å²) >= 11 is 0. The van der Waals surface area contributed by atoms with Gasteiger partial charge in [-0.2, -0.15) is 18.3 Å². The highest BCUT2D eigenvalue weighted by Gasteiger charge is 2.35. The summed E-state index contributed by atoms with van der Waals surface area (Å²) in [7, 11) is 1.59. The molecule has 0 saturated carbocycles. The van der Waals surface area contributed by atoms with E-state index < -0.39 is 17.6 Å². The molecule has 0 N–H and O–H groups in total. The summed E-state index contributed by atoms with van der Waals surface area (Å²) in [6.45, 7) is 4.92. The molecule has 0 radical (unpaired) electrons. The molecule has 0 bridgehead atoms. The average Bonchev–Trinajstić information content (AvgIpc) is 3.49. The van der Waals surface area contributed by atoms with Gasteiger partial charge in [0.15, 0.2) is 0 Å². The second-order valence-electron chi connectivity index (χ2n) is 10.9. The Morgan fingerprint density at radius 2 is 1.64 bits per heavy atom. The fourth-order valence-corrected chi connectivity index (χ4v) is 5.31. The predicted octanol–water partition coefficient (Wildman–Crippen LogP) is 5.17. The second-order valence-corrected chi connectivity index (χ2v) is 10.9. The number of carbonyl (C=O) groups is 2. The zero-order valence-electron chi connectivity index (χ0n) is 24.7. The number of hydrogen-bond donors (Lipinski definition) is 0. The second kappa shape index (κ2) is 13.6. The van der Waals surface area contributed by atoms with Gasteiger partial charge in [0.05, 0.1) is 37.6 Å². The molecule has 232 valence electrons. The summed E-state index contributed by atoms with van der Waals surface area (Å²) in [5.74, 6) is -0.208. The Hall–Kier alpha value is -4.22. The van der Waals surface area contributed by atoms with E-state index >= 15 is 0 Å². The smallest absolute Gasteiger partial charge is 0.416 e. The first-order valence-corrected chi connectivity index (χ1v) is 14.5. The molecule has 1 atom stereocenters. The number of alkyl halides is 3. The fourth-order valence-electron chi connectivity index (χ4n) is 5.31. The van der Waals surface area contributed by atoms with Crippen molar-refractivity contribution in [1.82, 2.24) is 14.8 Å². The molecule has 3 aromatic rings. The molecule has 1 saturated heterocycles. The third kappa shape index (κ3) is 7.46. The molecular weight excluding hydrogens is 573 g/mol. The first-order valence-electron chi connectivity index (χ1n) is 14.5. The van der Waals surface area contributed by atoms with Gasteiger partial charge in [-0.25, -0.2) is 5.01 Å². The van der Waals surface area contributed by atoms with E-state index in [0.717, 1.165) is 46.7 Å². The van der Waals surface area contributed by atoms with Crippen LogP contribution in [0.4, 0.5) is 13.2 Å². The minimum absolute atomic E-state index is 0.0757. The van der Waals surface area contributed by atoms with Crippen molar-refractivity contribution in [3.8, 4) is 5.75 Å². The summed E-state index contributed by atoms with van der Waals surface area (Å²) in [6, 6.07) is 19.0. The zero-order chi connectivity index (χ0) is 31.3. The average molecular weight is 609 g/mol. The van der Waals surface area contributed by atoms with Crippen molar-refractivity contribution in [2.45, 2.75) is 25.6 Å². The van der Waals surface area contributed by atoms with E-state index in [9.17, 15) is 22.8 Å². The highest BCUT2D eigenvalue weighted by atomic mass is 19.4. The summed E-state index contributed by atoms with van der Waals surface area (Å²) in [6.07, 6.45) is -4.05. The lowest BCUT2D eigenvalue weighted by Gasteiger charge is -2.31. The van der Waals surface area contributed by atoms with Crippen LogP contribution in [0.5, 0.6) is 5.75 Å². The Kier molecular flexibility index (Phi) is 9.65. The first-order chi connectivity index (χ1) is 21.1. The molecule has 2 aliphatic rings. The first kappa shape index (κ1) is 31.2. The molecular formula is C33H35F3N4O4. The van der Waals surface area contributed by atoms with Crippen LogP contribution in [-0.4, -0.2) is 85.4 Å². The predicted molar refractivity (Wildman–Crippen MR) is 160 cm³/mol. The molecule has 44 heavy (non-hydrogen) atoms. The van der Waals surface area contributed by atoms with Crippen molar-refractivity contribution in [3.05, 3.63) is 101 Å². The molecule has 0 aliphatic carbocycles. The Labute approximate surface area is 254 Å². The van der Waals surface area contributed by atoms with E-state index in [0.29, 0.717) is 45.0 Å². The van der Waals surface area contributed by atoms with Crippen LogP contribution in [0.1, 0.15) is 45.1 Å². The molecule has 5 rings (SSSR count).